The first kappa shape index (κ1) is 15.4. The molecule has 1 aromatic carbocycles. The van der Waals surface area contributed by atoms with Gasteiger partial charge in [0.1, 0.15) is 6.10 Å². The summed E-state index contributed by atoms with van der Waals surface area (Å²) in [4.78, 5) is 11.5. The summed E-state index contributed by atoms with van der Waals surface area (Å²) in [5.41, 5.74) is 0.882. The molecule has 4 nitrogen and oxygen atoms in total. The lowest BCUT2D eigenvalue weighted by Gasteiger charge is -2.10. The van der Waals surface area contributed by atoms with Crippen molar-refractivity contribution in [3.05, 3.63) is 48.6 Å². The molecular formula is C14H19NO3S. The molecule has 19 heavy (non-hydrogen) atoms. The topological polar surface area (TPSA) is 55.7 Å². The van der Waals surface area contributed by atoms with Gasteiger partial charge in [0.2, 0.25) is 0 Å². The number of nitrogens with zero attached hydrogens (tertiary/aromatic N) is 1. The molecule has 0 heterocycles. The van der Waals surface area contributed by atoms with Crippen LogP contribution < -0.4 is 0 Å². The Hall–Kier alpha value is -1.62. The number of allylic oxidation sites excluding steroid dienone is 1. The van der Waals surface area contributed by atoms with E-state index in [1.165, 1.54) is 0 Å². The molecule has 0 radical (unpaired) electrons. The van der Waals surface area contributed by atoms with E-state index in [1.807, 2.05) is 30.3 Å². The van der Waals surface area contributed by atoms with Crippen LogP contribution in [0.5, 0.6) is 0 Å². The van der Waals surface area contributed by atoms with Gasteiger partial charge in [-0.15, -0.1) is 10.9 Å². The number of thiol groups is 1. The standard InChI is InChI=1S/C14H19NO3S/c1-3-4-8-11-19(17)15-14(16)18-12(2)13-9-6-5-7-10-13/h3,5-7,9-10,12,19H,1,4,8,11H2,2H3/t12-/m0/s1. The third-order valence-corrected chi connectivity index (χ3v) is 3.58. The van der Waals surface area contributed by atoms with Gasteiger partial charge in [0.05, 0.1) is 0 Å². The molecule has 1 rings (SSSR count). The van der Waals surface area contributed by atoms with Crippen molar-refractivity contribution in [2.75, 3.05) is 5.75 Å². The van der Waals surface area contributed by atoms with Crippen LogP contribution in [0, 0.1) is 0 Å². The summed E-state index contributed by atoms with van der Waals surface area (Å²) in [6.07, 6.45) is 2.07. The monoisotopic (exact) mass is 281 g/mol. The van der Waals surface area contributed by atoms with E-state index in [0.29, 0.717) is 12.2 Å². The van der Waals surface area contributed by atoms with Crippen LogP contribution in [-0.2, 0) is 15.3 Å². The second-order valence-electron chi connectivity index (χ2n) is 4.04. The molecule has 0 aliphatic rings. The Kier molecular flexibility index (Phi) is 6.89. The first-order valence-corrected chi connectivity index (χ1v) is 7.56. The van der Waals surface area contributed by atoms with Gasteiger partial charge in [-0.1, -0.05) is 36.4 Å². The van der Waals surface area contributed by atoms with E-state index >= 15 is 0 Å². The maximum Gasteiger partial charge on any atom is 0.442 e. The van der Waals surface area contributed by atoms with E-state index in [9.17, 15) is 9.00 Å². The highest BCUT2D eigenvalue weighted by Crippen LogP contribution is 2.16. The normalized spacial score (nSPS) is 13.7. The molecule has 0 aromatic heterocycles. The number of ether oxygens (including phenoxy) is 1. The van der Waals surface area contributed by atoms with Crippen LogP contribution in [0.3, 0.4) is 0 Å². The molecule has 1 aromatic rings. The number of amides is 1. The summed E-state index contributed by atoms with van der Waals surface area (Å²) in [6, 6.07) is 9.35. The molecule has 1 amide bonds. The number of hydrogen-bond acceptors (Lipinski definition) is 3. The minimum atomic E-state index is -1.88. The summed E-state index contributed by atoms with van der Waals surface area (Å²) in [7, 11) is -1.88. The lowest BCUT2D eigenvalue weighted by Crippen LogP contribution is -2.05. The molecule has 1 unspecified atom stereocenters. The van der Waals surface area contributed by atoms with E-state index in [1.54, 1.807) is 13.0 Å². The molecule has 0 bridgehead atoms. The number of carbonyl (C=O) groups is 1. The SMILES string of the molecule is C=CCCC/[SH](=O)=N/C(=O)O[C@@H](C)c1ccccc1. The largest absolute Gasteiger partial charge is 0.442 e. The van der Waals surface area contributed by atoms with Crippen LogP contribution in [-0.4, -0.2) is 16.1 Å². The Morgan fingerprint density at radius 2 is 2.16 bits per heavy atom. The molecule has 0 spiro atoms. The Balaban J connectivity index is 2.48. The third kappa shape index (κ3) is 6.20. The summed E-state index contributed by atoms with van der Waals surface area (Å²) >= 11 is 0. The maximum absolute atomic E-state index is 11.5. The minimum absolute atomic E-state index is 0.385. The molecular weight excluding hydrogens is 262 g/mol. The fourth-order valence-electron chi connectivity index (χ4n) is 1.48. The molecule has 0 aliphatic carbocycles. The van der Waals surface area contributed by atoms with Gasteiger partial charge in [-0.25, -0.2) is 4.79 Å². The Labute approximate surface area is 115 Å². The molecule has 104 valence electrons. The second kappa shape index (κ2) is 8.48. The van der Waals surface area contributed by atoms with Crippen molar-refractivity contribution in [2.45, 2.75) is 25.9 Å². The lowest BCUT2D eigenvalue weighted by molar-refractivity contribution is 0.117. The molecule has 5 heteroatoms. The first-order valence-electron chi connectivity index (χ1n) is 6.16. The van der Waals surface area contributed by atoms with Gasteiger partial charge in [0, 0.05) is 16.3 Å². The van der Waals surface area contributed by atoms with Crippen LogP contribution in [0.15, 0.2) is 47.3 Å². The fourth-order valence-corrected chi connectivity index (χ4v) is 2.26. The molecule has 0 aliphatic heterocycles. The highest BCUT2D eigenvalue weighted by molar-refractivity contribution is 7.75. The van der Waals surface area contributed by atoms with Crippen molar-refractivity contribution < 1.29 is 13.7 Å². The predicted molar refractivity (Wildman–Crippen MR) is 77.6 cm³/mol. The summed E-state index contributed by atoms with van der Waals surface area (Å²) in [5.74, 6) is 0.385. The molecule has 0 saturated heterocycles. The van der Waals surface area contributed by atoms with Crippen molar-refractivity contribution in [2.24, 2.45) is 4.36 Å². The van der Waals surface area contributed by atoms with Crippen LogP contribution in [0.4, 0.5) is 4.79 Å². The van der Waals surface area contributed by atoms with Gasteiger partial charge in [-0.05, 0) is 25.3 Å². The Morgan fingerprint density at radius 1 is 1.47 bits per heavy atom. The fraction of sp³-hybridized carbons (Fsp3) is 0.357. The summed E-state index contributed by atoms with van der Waals surface area (Å²) < 4.78 is 20.1. The average molecular weight is 281 g/mol. The number of hydrogen-bond donors (Lipinski definition) is 1. The van der Waals surface area contributed by atoms with Crippen molar-refractivity contribution in [3.8, 4) is 0 Å². The van der Waals surface area contributed by atoms with Gasteiger partial charge >= 0.3 is 6.09 Å². The zero-order valence-corrected chi connectivity index (χ0v) is 11.9. The maximum atomic E-state index is 11.5. The van der Waals surface area contributed by atoms with Gasteiger partial charge in [0.15, 0.2) is 0 Å². The zero-order chi connectivity index (χ0) is 14.1. The number of carbonyl (C=O) groups excluding carboxylic acids is 1. The Bertz CT molecular complexity index is 493. The van der Waals surface area contributed by atoms with Gasteiger partial charge in [-0.3, -0.25) is 4.21 Å². The zero-order valence-electron chi connectivity index (χ0n) is 11.0. The van der Waals surface area contributed by atoms with Crippen molar-refractivity contribution >= 4 is 16.7 Å². The number of benzene rings is 1. The summed E-state index contributed by atoms with van der Waals surface area (Å²) in [5, 5.41) is 0. The van der Waals surface area contributed by atoms with Crippen molar-refractivity contribution in [1.82, 2.24) is 0 Å². The highest BCUT2D eigenvalue weighted by Gasteiger charge is 2.10. The van der Waals surface area contributed by atoms with Crippen LogP contribution in [0.25, 0.3) is 0 Å². The van der Waals surface area contributed by atoms with Gasteiger partial charge < -0.3 is 4.74 Å². The quantitative estimate of drug-likeness (QED) is 0.493. The van der Waals surface area contributed by atoms with Crippen LogP contribution in [0.1, 0.15) is 31.4 Å². The first-order chi connectivity index (χ1) is 9.13. The third-order valence-electron chi connectivity index (χ3n) is 2.50. The van der Waals surface area contributed by atoms with E-state index in [2.05, 4.69) is 10.9 Å². The predicted octanol–water partition coefficient (Wildman–Crippen LogP) is 3.52. The minimum Gasteiger partial charge on any atom is -0.440 e. The molecule has 0 fully saturated rings. The van der Waals surface area contributed by atoms with Crippen LogP contribution in [0.2, 0.25) is 0 Å². The summed E-state index contributed by atoms with van der Waals surface area (Å²) in [6.45, 7) is 5.33. The molecule has 0 saturated carbocycles. The van der Waals surface area contributed by atoms with Gasteiger partial charge in [-0.2, -0.15) is 0 Å². The average Bonchev–Trinajstić information content (AvgIpc) is 2.39. The second-order valence-corrected chi connectivity index (χ2v) is 5.39. The smallest absolute Gasteiger partial charge is 0.440 e. The van der Waals surface area contributed by atoms with Gasteiger partial charge in [0.25, 0.3) is 0 Å². The van der Waals surface area contributed by atoms with E-state index in [0.717, 1.165) is 12.0 Å². The van der Waals surface area contributed by atoms with E-state index in [-0.39, 0.29) is 0 Å². The molecule has 2 atom stereocenters. The Morgan fingerprint density at radius 3 is 2.79 bits per heavy atom. The van der Waals surface area contributed by atoms with Crippen molar-refractivity contribution in [1.29, 1.82) is 0 Å². The van der Waals surface area contributed by atoms with Crippen molar-refractivity contribution in [3.63, 3.8) is 0 Å². The van der Waals surface area contributed by atoms with E-state index < -0.39 is 22.8 Å². The van der Waals surface area contributed by atoms with Crippen LogP contribution >= 0.6 is 0 Å². The highest BCUT2D eigenvalue weighted by atomic mass is 32.2. The number of unbranched alkanes of at least 4 members (excludes halogenated alkanes) is 1. The van der Waals surface area contributed by atoms with E-state index in [4.69, 9.17) is 4.74 Å². The molecule has 0 N–H and O–H groups in total. The number of rotatable bonds is 6. The lowest BCUT2D eigenvalue weighted by atomic mass is 10.1.